The molecule has 26 heavy (non-hydrogen) atoms. The van der Waals surface area contributed by atoms with Crippen LogP contribution in [-0.2, 0) is 12.0 Å². The van der Waals surface area contributed by atoms with Gasteiger partial charge in [0, 0.05) is 30.6 Å². The van der Waals surface area contributed by atoms with Crippen LogP contribution in [0.3, 0.4) is 0 Å². The van der Waals surface area contributed by atoms with E-state index in [1.54, 1.807) is 24.7 Å². The quantitative estimate of drug-likeness (QED) is 0.753. The Kier molecular flexibility index (Phi) is 3.90. The van der Waals surface area contributed by atoms with Gasteiger partial charge in [0.15, 0.2) is 17.9 Å². The topological polar surface area (TPSA) is 87.0 Å². The van der Waals surface area contributed by atoms with E-state index in [2.05, 4.69) is 9.97 Å². The summed E-state index contributed by atoms with van der Waals surface area (Å²) in [7, 11) is 0. The average Bonchev–Trinajstić information content (AvgIpc) is 2.91. The van der Waals surface area contributed by atoms with E-state index in [9.17, 15) is 8.78 Å². The van der Waals surface area contributed by atoms with Gasteiger partial charge in [0.05, 0.1) is 5.69 Å². The van der Waals surface area contributed by atoms with Gasteiger partial charge in [0.2, 0.25) is 0 Å². The van der Waals surface area contributed by atoms with Crippen molar-refractivity contribution in [3.05, 3.63) is 89.0 Å². The van der Waals surface area contributed by atoms with E-state index >= 15 is 0 Å². The predicted octanol–water partition coefficient (Wildman–Crippen LogP) is 2.23. The Bertz CT molecular complexity index is 967. The molecule has 4 rings (SSSR count). The molecule has 5 nitrogen and oxygen atoms in total. The van der Waals surface area contributed by atoms with Crippen LogP contribution in [0, 0.1) is 11.6 Å². The Labute approximate surface area is 148 Å². The smallest absolute Gasteiger partial charge is 0.174 e. The lowest BCUT2D eigenvalue weighted by Crippen LogP contribution is -2.52. The number of hydrogen-bond donors (Lipinski definition) is 2. The van der Waals surface area contributed by atoms with Gasteiger partial charge in [-0.1, -0.05) is 6.07 Å². The summed E-state index contributed by atoms with van der Waals surface area (Å²) in [5.41, 5.74) is 14.0. The molecule has 0 spiro atoms. The van der Waals surface area contributed by atoms with Crippen molar-refractivity contribution in [3.63, 3.8) is 0 Å². The van der Waals surface area contributed by atoms with Gasteiger partial charge in [0.25, 0.3) is 0 Å². The van der Waals surface area contributed by atoms with Crippen molar-refractivity contribution < 1.29 is 13.5 Å². The third-order valence-electron chi connectivity index (χ3n) is 4.64. The van der Waals surface area contributed by atoms with Crippen LogP contribution in [0.15, 0.2) is 55.0 Å². The number of nitrogens with two attached hydrogens (primary N) is 2. The maximum absolute atomic E-state index is 13.7. The minimum absolute atomic E-state index is 0.337. The first kappa shape index (κ1) is 16.6. The maximum Gasteiger partial charge on any atom is 0.174 e. The molecular formula is C19H16F2N4O. The lowest BCUT2D eigenvalue weighted by atomic mass is 9.83. The van der Waals surface area contributed by atoms with Crippen LogP contribution >= 0.6 is 0 Å². The van der Waals surface area contributed by atoms with Crippen molar-refractivity contribution in [1.82, 2.24) is 9.97 Å². The molecule has 1 aromatic carbocycles. The summed E-state index contributed by atoms with van der Waals surface area (Å²) < 4.78 is 32.9. The molecule has 0 amide bonds. The number of halogens is 2. The Morgan fingerprint density at radius 3 is 2.54 bits per heavy atom. The fourth-order valence-corrected chi connectivity index (χ4v) is 3.22. The van der Waals surface area contributed by atoms with E-state index in [1.807, 2.05) is 12.1 Å². The van der Waals surface area contributed by atoms with E-state index in [-0.39, 0.29) is 0 Å². The highest BCUT2D eigenvalue weighted by atomic mass is 19.2. The van der Waals surface area contributed by atoms with Crippen LogP contribution in [0.2, 0.25) is 0 Å². The largest absolute Gasteiger partial charge is 0.471 e. The van der Waals surface area contributed by atoms with Crippen molar-refractivity contribution in [2.45, 2.75) is 18.2 Å². The average molecular weight is 354 g/mol. The number of ether oxygens (including phenoxy) is 1. The third-order valence-corrected chi connectivity index (χ3v) is 4.64. The number of pyridine rings is 2. The Morgan fingerprint density at radius 1 is 1.04 bits per heavy atom. The number of fused-ring (bicyclic) bond motifs is 1. The van der Waals surface area contributed by atoms with Gasteiger partial charge < -0.3 is 10.5 Å². The molecule has 2 atom stereocenters. The van der Waals surface area contributed by atoms with Crippen LogP contribution in [0.1, 0.15) is 22.4 Å². The van der Waals surface area contributed by atoms with Gasteiger partial charge in [-0.15, -0.1) is 0 Å². The van der Waals surface area contributed by atoms with Crippen molar-refractivity contribution in [1.29, 1.82) is 0 Å². The van der Waals surface area contributed by atoms with Crippen molar-refractivity contribution in [3.8, 4) is 5.75 Å². The molecule has 1 aliphatic heterocycles. The molecular weight excluding hydrogens is 338 g/mol. The molecule has 3 heterocycles. The molecule has 0 saturated heterocycles. The zero-order valence-corrected chi connectivity index (χ0v) is 13.7. The maximum atomic E-state index is 13.7. The van der Waals surface area contributed by atoms with Gasteiger partial charge in [-0.3, -0.25) is 15.7 Å². The number of benzene rings is 1. The Balaban J connectivity index is 1.80. The Hall–Kier alpha value is -2.90. The molecule has 0 saturated carbocycles. The second-order valence-corrected chi connectivity index (χ2v) is 6.20. The summed E-state index contributed by atoms with van der Waals surface area (Å²) in [6.07, 6.45) is 4.55. The molecule has 0 aliphatic carbocycles. The lowest BCUT2D eigenvalue weighted by Gasteiger charge is -2.28. The molecule has 132 valence electrons. The summed E-state index contributed by atoms with van der Waals surface area (Å²) in [6.45, 7) is 0. The predicted molar refractivity (Wildman–Crippen MR) is 91.2 cm³/mol. The zero-order valence-electron chi connectivity index (χ0n) is 13.7. The van der Waals surface area contributed by atoms with Crippen molar-refractivity contribution in [2.75, 3.05) is 0 Å². The summed E-state index contributed by atoms with van der Waals surface area (Å²) in [6, 6.07) is 8.95. The van der Waals surface area contributed by atoms with E-state index < -0.39 is 23.4 Å². The highest BCUT2D eigenvalue weighted by Gasteiger charge is 2.47. The highest BCUT2D eigenvalue weighted by molar-refractivity contribution is 5.53. The standard InChI is InChI=1S/C19H16F2N4O/c20-14-2-1-12(10-15(14)21)19(23)13-5-8-25-16(17(13)26-18(19)22)9-11-3-6-24-7-4-11/h1-8,10,18H,9,22-23H2. The SMILES string of the molecule is NC1Oc2c(ccnc2Cc2ccncc2)C1(N)c1ccc(F)c(F)c1. The van der Waals surface area contributed by atoms with Gasteiger partial charge in [0.1, 0.15) is 11.3 Å². The number of hydrogen-bond acceptors (Lipinski definition) is 5. The second kappa shape index (κ2) is 6.12. The normalized spacial score (nSPS) is 21.3. The fourth-order valence-electron chi connectivity index (χ4n) is 3.22. The minimum atomic E-state index is -1.31. The summed E-state index contributed by atoms with van der Waals surface area (Å²) in [4.78, 5) is 8.37. The third kappa shape index (κ3) is 2.53. The molecule has 7 heteroatoms. The molecule has 0 radical (unpaired) electrons. The van der Waals surface area contributed by atoms with Crippen LogP contribution in [0.4, 0.5) is 8.78 Å². The molecule has 1 aliphatic rings. The first-order chi connectivity index (χ1) is 12.5. The van der Waals surface area contributed by atoms with Crippen LogP contribution in [-0.4, -0.2) is 16.2 Å². The number of rotatable bonds is 3. The zero-order chi connectivity index (χ0) is 18.3. The number of nitrogens with zero attached hydrogens (tertiary/aromatic N) is 2. The molecule has 3 aromatic rings. The molecule has 0 fully saturated rings. The van der Waals surface area contributed by atoms with Gasteiger partial charge >= 0.3 is 0 Å². The van der Waals surface area contributed by atoms with Crippen molar-refractivity contribution >= 4 is 0 Å². The van der Waals surface area contributed by atoms with Gasteiger partial charge in [-0.05, 0) is 41.5 Å². The van der Waals surface area contributed by atoms with Gasteiger partial charge in [-0.2, -0.15) is 0 Å². The Morgan fingerprint density at radius 2 is 1.81 bits per heavy atom. The van der Waals surface area contributed by atoms with E-state index in [0.717, 1.165) is 17.7 Å². The number of aromatic nitrogens is 2. The molecule has 2 aromatic heterocycles. The monoisotopic (exact) mass is 354 g/mol. The molecule has 2 unspecified atom stereocenters. The van der Waals surface area contributed by atoms with Crippen LogP contribution in [0.5, 0.6) is 5.75 Å². The van der Waals surface area contributed by atoms with Gasteiger partial charge in [-0.25, -0.2) is 8.78 Å². The summed E-state index contributed by atoms with van der Waals surface area (Å²) in [5.74, 6) is -1.46. The second-order valence-electron chi connectivity index (χ2n) is 6.20. The van der Waals surface area contributed by atoms with E-state index in [1.165, 1.54) is 6.07 Å². The summed E-state index contributed by atoms with van der Waals surface area (Å²) in [5, 5.41) is 0. The van der Waals surface area contributed by atoms with Crippen LogP contribution in [0.25, 0.3) is 0 Å². The van der Waals surface area contributed by atoms with E-state index in [4.69, 9.17) is 16.2 Å². The van der Waals surface area contributed by atoms with Crippen molar-refractivity contribution in [2.24, 2.45) is 11.5 Å². The summed E-state index contributed by atoms with van der Waals surface area (Å²) >= 11 is 0. The van der Waals surface area contributed by atoms with Crippen LogP contribution < -0.4 is 16.2 Å². The fraction of sp³-hybridized carbons (Fsp3) is 0.158. The molecule has 0 bridgehead atoms. The highest BCUT2D eigenvalue weighted by Crippen LogP contribution is 2.44. The molecule has 4 N–H and O–H groups in total. The minimum Gasteiger partial charge on any atom is -0.471 e. The first-order valence-electron chi connectivity index (χ1n) is 8.04. The lowest BCUT2D eigenvalue weighted by molar-refractivity contribution is 0.176. The first-order valence-corrected chi connectivity index (χ1v) is 8.04. The van der Waals surface area contributed by atoms with E-state index in [0.29, 0.717) is 29.0 Å².